The normalized spacial score (nSPS) is 21.3. The Bertz CT molecular complexity index is 492. The molecule has 0 amide bonds. The number of ether oxygens (including phenoxy) is 1. The van der Waals surface area contributed by atoms with Crippen LogP contribution >= 0.6 is 11.3 Å². The molecule has 0 radical (unpaired) electrons. The van der Waals surface area contributed by atoms with Gasteiger partial charge in [0.15, 0.2) is 10.8 Å². The van der Waals surface area contributed by atoms with Gasteiger partial charge >= 0.3 is 5.97 Å². The van der Waals surface area contributed by atoms with Gasteiger partial charge in [-0.1, -0.05) is 12.8 Å². The van der Waals surface area contributed by atoms with Gasteiger partial charge in [-0.2, -0.15) is 0 Å². The first-order chi connectivity index (χ1) is 9.13. The summed E-state index contributed by atoms with van der Waals surface area (Å²) >= 11 is 1.61. The van der Waals surface area contributed by atoms with Crippen LogP contribution in [-0.4, -0.2) is 31.2 Å². The smallest absolute Gasteiger partial charge is 0.357 e. The highest BCUT2D eigenvalue weighted by Gasteiger charge is 2.41. The van der Waals surface area contributed by atoms with Crippen LogP contribution in [0.2, 0.25) is 0 Å². The Balaban J connectivity index is 1.78. The maximum Gasteiger partial charge on any atom is 0.357 e. The fraction of sp³-hybridized carbons (Fsp3) is 0.714. The zero-order valence-corrected chi connectivity index (χ0v) is 12.4. The van der Waals surface area contributed by atoms with E-state index in [-0.39, 0.29) is 5.97 Å². The van der Waals surface area contributed by atoms with E-state index in [2.05, 4.69) is 9.88 Å². The van der Waals surface area contributed by atoms with E-state index >= 15 is 0 Å². The molecule has 1 aromatic rings. The van der Waals surface area contributed by atoms with Crippen LogP contribution in [-0.2, 0) is 4.74 Å². The molecule has 1 aliphatic carbocycles. The van der Waals surface area contributed by atoms with Gasteiger partial charge in [0.05, 0.1) is 7.11 Å². The minimum atomic E-state index is -0.324. The van der Waals surface area contributed by atoms with Crippen LogP contribution in [0.4, 0.5) is 5.13 Å². The van der Waals surface area contributed by atoms with Gasteiger partial charge in [0.1, 0.15) is 0 Å². The molecule has 0 unspecified atom stereocenters. The SMILES string of the molecule is COC(=O)c1nc(N2CCC3(CCCC3)C2)sc1C. The number of thiazole rings is 1. The molecule has 104 valence electrons. The Hall–Kier alpha value is -1.10. The molecule has 2 fully saturated rings. The number of rotatable bonds is 2. The van der Waals surface area contributed by atoms with Crippen molar-refractivity contribution in [1.82, 2.24) is 4.98 Å². The van der Waals surface area contributed by atoms with Gasteiger partial charge in [-0.05, 0) is 31.6 Å². The average Bonchev–Trinajstić information content (AvgIpc) is 3.11. The van der Waals surface area contributed by atoms with E-state index in [1.54, 1.807) is 11.3 Å². The first kappa shape index (κ1) is 12.9. The van der Waals surface area contributed by atoms with Crippen molar-refractivity contribution in [3.8, 4) is 0 Å². The van der Waals surface area contributed by atoms with E-state index in [4.69, 9.17) is 4.74 Å². The lowest BCUT2D eigenvalue weighted by Crippen LogP contribution is -2.24. The highest BCUT2D eigenvalue weighted by Crippen LogP contribution is 2.46. The van der Waals surface area contributed by atoms with E-state index in [0.29, 0.717) is 11.1 Å². The van der Waals surface area contributed by atoms with Gasteiger partial charge in [-0.3, -0.25) is 0 Å². The number of aryl methyl sites for hydroxylation is 1. The molecule has 19 heavy (non-hydrogen) atoms. The van der Waals surface area contributed by atoms with Crippen LogP contribution in [0.25, 0.3) is 0 Å². The summed E-state index contributed by atoms with van der Waals surface area (Å²) in [6, 6.07) is 0. The molecular weight excluding hydrogens is 260 g/mol. The molecule has 1 aliphatic heterocycles. The Labute approximate surface area is 117 Å². The Morgan fingerprint density at radius 2 is 2.11 bits per heavy atom. The number of anilines is 1. The van der Waals surface area contributed by atoms with Crippen LogP contribution in [0.3, 0.4) is 0 Å². The number of carbonyl (C=O) groups excluding carboxylic acids is 1. The molecular formula is C14H20N2O2S. The Kier molecular flexibility index (Phi) is 3.25. The minimum absolute atomic E-state index is 0.324. The molecule has 0 atom stereocenters. The lowest BCUT2D eigenvalue weighted by Gasteiger charge is -2.23. The molecule has 1 spiro atoms. The molecule has 1 saturated heterocycles. The third kappa shape index (κ3) is 2.24. The number of methoxy groups -OCH3 is 1. The fourth-order valence-corrected chi connectivity index (χ4v) is 4.36. The van der Waals surface area contributed by atoms with Crippen LogP contribution in [0.15, 0.2) is 0 Å². The molecule has 1 saturated carbocycles. The molecule has 2 heterocycles. The highest BCUT2D eigenvalue weighted by molar-refractivity contribution is 7.15. The number of carbonyl (C=O) groups is 1. The largest absolute Gasteiger partial charge is 0.464 e. The molecule has 0 N–H and O–H groups in total. The van der Waals surface area contributed by atoms with E-state index < -0.39 is 0 Å². The van der Waals surface area contributed by atoms with Crippen molar-refractivity contribution in [3.05, 3.63) is 10.6 Å². The van der Waals surface area contributed by atoms with E-state index in [9.17, 15) is 4.79 Å². The van der Waals surface area contributed by atoms with Crippen molar-refractivity contribution in [1.29, 1.82) is 0 Å². The second-order valence-electron chi connectivity index (χ2n) is 5.77. The molecule has 0 aromatic carbocycles. The number of aromatic nitrogens is 1. The van der Waals surface area contributed by atoms with E-state index in [0.717, 1.165) is 23.1 Å². The maximum atomic E-state index is 11.6. The van der Waals surface area contributed by atoms with Crippen molar-refractivity contribution >= 4 is 22.4 Å². The quantitative estimate of drug-likeness (QED) is 0.781. The van der Waals surface area contributed by atoms with E-state index in [1.807, 2.05) is 6.92 Å². The molecule has 3 rings (SSSR count). The first-order valence-corrected chi connectivity index (χ1v) is 7.76. The van der Waals surface area contributed by atoms with Crippen LogP contribution in [0.5, 0.6) is 0 Å². The second kappa shape index (κ2) is 4.78. The Morgan fingerprint density at radius 1 is 1.37 bits per heavy atom. The fourth-order valence-electron chi connectivity index (χ4n) is 3.44. The summed E-state index contributed by atoms with van der Waals surface area (Å²) in [6.45, 7) is 4.13. The minimum Gasteiger partial charge on any atom is -0.464 e. The standard InChI is InChI=1S/C14H20N2O2S/c1-10-11(12(17)18-2)15-13(19-10)16-8-7-14(9-16)5-3-4-6-14/h3-9H2,1-2H3. The molecule has 2 aliphatic rings. The maximum absolute atomic E-state index is 11.6. The number of nitrogens with zero attached hydrogens (tertiary/aromatic N) is 2. The zero-order chi connectivity index (χ0) is 13.5. The molecule has 1 aromatic heterocycles. The molecule has 5 heteroatoms. The molecule has 0 bridgehead atoms. The number of hydrogen-bond donors (Lipinski definition) is 0. The number of esters is 1. The van der Waals surface area contributed by atoms with Crippen LogP contribution in [0.1, 0.15) is 47.5 Å². The third-order valence-corrected chi connectivity index (χ3v) is 5.57. The van der Waals surface area contributed by atoms with Gasteiger partial charge in [-0.25, -0.2) is 9.78 Å². The van der Waals surface area contributed by atoms with Crippen molar-refractivity contribution < 1.29 is 9.53 Å². The lowest BCUT2D eigenvalue weighted by molar-refractivity contribution is 0.0594. The summed E-state index contributed by atoms with van der Waals surface area (Å²) in [4.78, 5) is 19.4. The summed E-state index contributed by atoms with van der Waals surface area (Å²) in [5.41, 5.74) is 1.01. The highest BCUT2D eigenvalue weighted by atomic mass is 32.1. The zero-order valence-electron chi connectivity index (χ0n) is 11.6. The predicted octanol–water partition coefficient (Wildman–Crippen LogP) is 3.01. The van der Waals surface area contributed by atoms with Gasteiger partial charge in [0.25, 0.3) is 0 Å². The van der Waals surface area contributed by atoms with E-state index in [1.165, 1.54) is 39.2 Å². The van der Waals surface area contributed by atoms with Crippen molar-refractivity contribution in [3.63, 3.8) is 0 Å². The summed E-state index contributed by atoms with van der Waals surface area (Å²) in [7, 11) is 1.41. The Morgan fingerprint density at radius 3 is 2.79 bits per heavy atom. The second-order valence-corrected chi connectivity index (χ2v) is 6.95. The first-order valence-electron chi connectivity index (χ1n) is 6.94. The summed E-state index contributed by atoms with van der Waals surface area (Å²) < 4.78 is 4.77. The van der Waals surface area contributed by atoms with Crippen molar-refractivity contribution in [2.45, 2.75) is 39.0 Å². The van der Waals surface area contributed by atoms with Crippen molar-refractivity contribution in [2.75, 3.05) is 25.1 Å². The molecule has 4 nitrogen and oxygen atoms in total. The van der Waals surface area contributed by atoms with Gasteiger partial charge in [0, 0.05) is 18.0 Å². The third-order valence-electron chi connectivity index (χ3n) is 4.54. The predicted molar refractivity (Wildman–Crippen MR) is 75.9 cm³/mol. The summed E-state index contributed by atoms with van der Waals surface area (Å²) in [5, 5.41) is 0.988. The topological polar surface area (TPSA) is 42.4 Å². The van der Waals surface area contributed by atoms with Crippen molar-refractivity contribution in [2.24, 2.45) is 5.41 Å². The monoisotopic (exact) mass is 280 g/mol. The van der Waals surface area contributed by atoms with Crippen LogP contribution in [0, 0.1) is 12.3 Å². The van der Waals surface area contributed by atoms with Gasteiger partial charge in [0.2, 0.25) is 0 Å². The lowest BCUT2D eigenvalue weighted by atomic mass is 9.86. The van der Waals surface area contributed by atoms with Gasteiger partial charge < -0.3 is 9.64 Å². The van der Waals surface area contributed by atoms with Crippen LogP contribution < -0.4 is 4.90 Å². The van der Waals surface area contributed by atoms with Gasteiger partial charge in [-0.15, -0.1) is 11.3 Å². The average molecular weight is 280 g/mol. The summed E-state index contributed by atoms with van der Waals surface area (Å²) in [5.74, 6) is -0.324. The summed E-state index contributed by atoms with van der Waals surface area (Å²) in [6.07, 6.45) is 6.74. The number of hydrogen-bond acceptors (Lipinski definition) is 5.